The van der Waals surface area contributed by atoms with Gasteiger partial charge in [-0.05, 0) is 29.7 Å². The van der Waals surface area contributed by atoms with E-state index in [2.05, 4.69) is 25.6 Å². The van der Waals surface area contributed by atoms with Gasteiger partial charge in [-0.25, -0.2) is 9.97 Å². The van der Waals surface area contributed by atoms with Crippen LogP contribution >= 0.6 is 0 Å². The minimum atomic E-state index is -0.110. The van der Waals surface area contributed by atoms with Gasteiger partial charge in [-0.1, -0.05) is 12.1 Å². The number of hydrogen-bond acceptors (Lipinski definition) is 6. The Hall–Kier alpha value is -4.27. The summed E-state index contributed by atoms with van der Waals surface area (Å²) in [6.07, 6.45) is 10.4. The average Bonchev–Trinajstić information content (AvgIpc) is 3.46. The molecule has 9 heteroatoms. The third kappa shape index (κ3) is 3.37. The van der Waals surface area contributed by atoms with Crippen LogP contribution in [0.25, 0.3) is 16.9 Å². The number of imidazole rings is 1. The van der Waals surface area contributed by atoms with Crippen molar-refractivity contribution < 1.29 is 9.59 Å². The van der Waals surface area contributed by atoms with E-state index in [4.69, 9.17) is 0 Å². The molecule has 1 saturated heterocycles. The number of carbonyl (C=O) groups excluding carboxylic acids is 2. The van der Waals surface area contributed by atoms with Crippen molar-refractivity contribution in [1.29, 1.82) is 0 Å². The van der Waals surface area contributed by atoms with Crippen LogP contribution in [0.2, 0.25) is 0 Å². The highest BCUT2D eigenvalue weighted by Crippen LogP contribution is 2.35. The van der Waals surface area contributed by atoms with Crippen LogP contribution in [-0.4, -0.2) is 49.7 Å². The van der Waals surface area contributed by atoms with Gasteiger partial charge in [-0.3, -0.25) is 19.0 Å². The monoisotopic (exact) mass is 453 g/mol. The molecule has 0 bridgehead atoms. The topological polar surface area (TPSA) is 105 Å². The Morgan fingerprint density at radius 3 is 2.82 bits per heavy atom. The lowest BCUT2D eigenvalue weighted by Gasteiger charge is -2.29. The van der Waals surface area contributed by atoms with Crippen LogP contribution in [0.3, 0.4) is 0 Å². The molecule has 2 aliphatic rings. The van der Waals surface area contributed by atoms with E-state index in [1.807, 2.05) is 48.1 Å². The van der Waals surface area contributed by atoms with E-state index in [0.717, 1.165) is 34.5 Å². The normalized spacial score (nSPS) is 17.7. The molecule has 2 amide bonds. The van der Waals surface area contributed by atoms with Crippen LogP contribution in [0.5, 0.6) is 0 Å². The fraction of sp³-hybridized carbons (Fsp3) is 0.240. The number of likely N-dealkylation sites (tertiary alicyclic amines) is 1. The largest absolute Gasteiger partial charge is 0.348 e. The van der Waals surface area contributed by atoms with Gasteiger partial charge in [0.15, 0.2) is 5.65 Å². The highest BCUT2D eigenvalue weighted by Gasteiger charge is 2.28. The number of likely N-dealkylation sites (N-methyl/N-ethyl adjacent to an activating group) is 1. The van der Waals surface area contributed by atoms with E-state index < -0.39 is 0 Å². The fourth-order valence-corrected chi connectivity index (χ4v) is 4.88. The molecule has 6 rings (SSSR count). The zero-order valence-corrected chi connectivity index (χ0v) is 18.7. The Labute approximate surface area is 195 Å². The second-order valence-corrected chi connectivity index (χ2v) is 8.76. The smallest absolute Gasteiger partial charge is 0.254 e. The molecule has 1 aromatic carbocycles. The summed E-state index contributed by atoms with van der Waals surface area (Å²) in [5.41, 5.74) is 6.01. The van der Waals surface area contributed by atoms with Crippen LogP contribution in [0, 0.1) is 0 Å². The van der Waals surface area contributed by atoms with Crippen molar-refractivity contribution in [3.8, 4) is 11.3 Å². The van der Waals surface area contributed by atoms with Gasteiger partial charge < -0.3 is 15.5 Å². The molecule has 9 nitrogen and oxygen atoms in total. The van der Waals surface area contributed by atoms with Crippen molar-refractivity contribution >= 4 is 29.0 Å². The Kier molecular flexibility index (Phi) is 4.75. The standard InChI is InChI=1S/C25H23N7O2/c1-31-14-16(3-7-23(31)33)15-2-6-21(27-10-15)30-19-5-4-17(18-11-29-25(34)24(18)19)20-12-28-22-13-26-8-9-32(20)22/h2,4-6,8-10,12-13,16H,3,7,11,14H2,1H3,(H,27,30)(H,29,34). The van der Waals surface area contributed by atoms with Gasteiger partial charge in [0.1, 0.15) is 5.82 Å². The number of carbonyl (C=O) groups is 2. The fourth-order valence-electron chi connectivity index (χ4n) is 4.88. The van der Waals surface area contributed by atoms with Gasteiger partial charge >= 0.3 is 0 Å². The second kappa shape index (κ2) is 7.95. The summed E-state index contributed by atoms with van der Waals surface area (Å²) in [4.78, 5) is 39.4. The summed E-state index contributed by atoms with van der Waals surface area (Å²) in [7, 11) is 1.84. The summed E-state index contributed by atoms with van der Waals surface area (Å²) in [5.74, 6) is 1.04. The van der Waals surface area contributed by atoms with Crippen LogP contribution in [-0.2, 0) is 11.3 Å². The molecule has 0 spiro atoms. The lowest BCUT2D eigenvalue weighted by atomic mass is 9.91. The number of nitrogens with zero attached hydrogens (tertiary/aromatic N) is 5. The first-order valence-corrected chi connectivity index (χ1v) is 11.3. The predicted octanol–water partition coefficient (Wildman–Crippen LogP) is 3.11. The van der Waals surface area contributed by atoms with Gasteiger partial charge in [0, 0.05) is 56.6 Å². The summed E-state index contributed by atoms with van der Waals surface area (Å²) < 4.78 is 1.97. The van der Waals surface area contributed by atoms with E-state index in [-0.39, 0.29) is 11.8 Å². The first kappa shape index (κ1) is 20.3. The quantitative estimate of drug-likeness (QED) is 0.492. The molecule has 2 N–H and O–H groups in total. The second-order valence-electron chi connectivity index (χ2n) is 8.76. The lowest BCUT2D eigenvalue weighted by Crippen LogP contribution is -2.35. The zero-order chi connectivity index (χ0) is 23.2. The highest BCUT2D eigenvalue weighted by molar-refractivity contribution is 6.06. The molecule has 4 aromatic rings. The summed E-state index contributed by atoms with van der Waals surface area (Å²) in [6, 6.07) is 7.90. The molecule has 0 radical (unpaired) electrons. The molecule has 5 heterocycles. The first-order valence-electron chi connectivity index (χ1n) is 11.3. The van der Waals surface area contributed by atoms with Crippen LogP contribution in [0.1, 0.15) is 40.2 Å². The highest BCUT2D eigenvalue weighted by atomic mass is 16.2. The number of benzene rings is 1. The van der Waals surface area contributed by atoms with E-state index in [1.165, 1.54) is 0 Å². The molecule has 2 aliphatic heterocycles. The Bertz CT molecular complexity index is 1430. The van der Waals surface area contributed by atoms with Crippen LogP contribution in [0.4, 0.5) is 11.5 Å². The Morgan fingerprint density at radius 1 is 1.09 bits per heavy atom. The number of fused-ring (bicyclic) bond motifs is 2. The molecule has 1 unspecified atom stereocenters. The third-order valence-electron chi connectivity index (χ3n) is 6.71. The molecular weight excluding hydrogens is 430 g/mol. The zero-order valence-electron chi connectivity index (χ0n) is 18.7. The predicted molar refractivity (Wildman–Crippen MR) is 127 cm³/mol. The summed E-state index contributed by atoms with van der Waals surface area (Å²) in [6.45, 7) is 1.17. The van der Waals surface area contributed by atoms with Crippen molar-refractivity contribution in [2.24, 2.45) is 0 Å². The van der Waals surface area contributed by atoms with E-state index >= 15 is 0 Å². The van der Waals surface area contributed by atoms with Gasteiger partial charge in [0.2, 0.25) is 5.91 Å². The van der Waals surface area contributed by atoms with Crippen molar-refractivity contribution in [1.82, 2.24) is 29.6 Å². The molecule has 3 aromatic heterocycles. The number of anilines is 2. The number of hydrogen-bond donors (Lipinski definition) is 2. The number of rotatable bonds is 4. The van der Waals surface area contributed by atoms with E-state index in [0.29, 0.717) is 42.5 Å². The molecular formula is C25H23N7O2. The maximum atomic E-state index is 12.7. The maximum Gasteiger partial charge on any atom is 0.254 e. The number of aromatic nitrogens is 4. The van der Waals surface area contributed by atoms with E-state index in [9.17, 15) is 9.59 Å². The third-order valence-corrected chi connectivity index (χ3v) is 6.71. The maximum absolute atomic E-state index is 12.7. The average molecular weight is 454 g/mol. The molecule has 0 saturated carbocycles. The molecule has 170 valence electrons. The van der Waals surface area contributed by atoms with Gasteiger partial charge in [-0.15, -0.1) is 0 Å². The Morgan fingerprint density at radius 2 is 2.00 bits per heavy atom. The van der Waals surface area contributed by atoms with E-state index in [1.54, 1.807) is 23.5 Å². The molecule has 1 atom stereocenters. The van der Waals surface area contributed by atoms with Gasteiger partial charge in [-0.2, -0.15) is 0 Å². The Balaban J connectivity index is 1.30. The number of amides is 2. The molecule has 1 fully saturated rings. The van der Waals surface area contributed by atoms with Crippen LogP contribution < -0.4 is 10.6 Å². The van der Waals surface area contributed by atoms with Gasteiger partial charge in [0.25, 0.3) is 5.91 Å². The number of nitrogens with one attached hydrogen (secondary N) is 2. The number of pyridine rings is 1. The number of piperidine rings is 1. The minimum absolute atomic E-state index is 0.110. The first-order chi connectivity index (χ1) is 16.6. The van der Waals surface area contributed by atoms with Gasteiger partial charge in [0.05, 0.1) is 29.3 Å². The van der Waals surface area contributed by atoms with Crippen molar-refractivity contribution in [2.75, 3.05) is 18.9 Å². The summed E-state index contributed by atoms with van der Waals surface area (Å²) >= 11 is 0. The van der Waals surface area contributed by atoms with Crippen molar-refractivity contribution in [2.45, 2.75) is 25.3 Å². The molecule has 34 heavy (non-hydrogen) atoms. The molecule has 0 aliphatic carbocycles. The van der Waals surface area contributed by atoms with Crippen molar-refractivity contribution in [3.63, 3.8) is 0 Å². The summed E-state index contributed by atoms with van der Waals surface area (Å²) in [5, 5.41) is 6.27. The minimum Gasteiger partial charge on any atom is -0.348 e. The SMILES string of the molecule is CN1CC(c2ccc(Nc3ccc(-c4cnc5cnccn45)c4c3C(=O)NC4)nc2)CCC1=O. The van der Waals surface area contributed by atoms with Crippen molar-refractivity contribution in [3.05, 3.63) is 71.9 Å². The lowest BCUT2D eigenvalue weighted by molar-refractivity contribution is -0.132. The van der Waals surface area contributed by atoms with Crippen LogP contribution in [0.15, 0.2) is 55.2 Å².